The highest BCUT2D eigenvalue weighted by molar-refractivity contribution is 5.92. The van der Waals surface area contributed by atoms with E-state index in [2.05, 4.69) is 5.32 Å². The molecule has 0 aromatic rings. The summed E-state index contributed by atoms with van der Waals surface area (Å²) in [6, 6.07) is -0.481. The Bertz CT molecular complexity index is 230. The quantitative estimate of drug-likeness (QED) is 0.475. The topological polar surface area (TPSA) is 81.4 Å². The predicted octanol–water partition coefficient (Wildman–Crippen LogP) is -0.454. The molecule has 0 aliphatic carbocycles. The van der Waals surface area contributed by atoms with Crippen LogP contribution in [0.1, 0.15) is 26.2 Å². The van der Waals surface area contributed by atoms with Crippen LogP contribution in [0.4, 0.5) is 0 Å². The summed E-state index contributed by atoms with van der Waals surface area (Å²) in [7, 11) is 0. The Hall–Kier alpha value is -1.10. The first-order valence-corrected chi connectivity index (χ1v) is 4.86. The summed E-state index contributed by atoms with van der Waals surface area (Å²) >= 11 is 0. The van der Waals surface area contributed by atoms with Gasteiger partial charge in [-0.2, -0.15) is 0 Å². The summed E-state index contributed by atoms with van der Waals surface area (Å²) in [5, 5.41) is 2.62. The largest absolute Gasteiger partial charge is 0.451 e. The minimum atomic E-state index is -0.659. The van der Waals surface area contributed by atoms with Crippen LogP contribution in [0.2, 0.25) is 0 Å². The lowest BCUT2D eigenvalue weighted by Gasteiger charge is -2.26. The van der Waals surface area contributed by atoms with Crippen LogP contribution in [-0.2, 0) is 14.3 Å². The lowest BCUT2D eigenvalue weighted by molar-refractivity contribution is -0.164. The van der Waals surface area contributed by atoms with Gasteiger partial charge in [-0.1, -0.05) is 0 Å². The molecule has 0 aromatic heterocycles. The van der Waals surface area contributed by atoms with E-state index in [1.165, 1.54) is 0 Å². The van der Waals surface area contributed by atoms with Crippen LogP contribution in [0.25, 0.3) is 0 Å². The molecule has 1 amide bonds. The Morgan fingerprint density at radius 3 is 2.79 bits per heavy atom. The smallest absolute Gasteiger partial charge is 0.329 e. The fourth-order valence-electron chi connectivity index (χ4n) is 1.34. The third-order valence-corrected chi connectivity index (χ3v) is 2.21. The van der Waals surface area contributed by atoms with Gasteiger partial charge in [-0.15, -0.1) is 0 Å². The molecule has 1 aliphatic heterocycles. The van der Waals surface area contributed by atoms with Gasteiger partial charge in [0.05, 0.1) is 0 Å². The van der Waals surface area contributed by atoms with Gasteiger partial charge >= 0.3 is 5.97 Å². The van der Waals surface area contributed by atoms with Crippen molar-refractivity contribution in [1.29, 1.82) is 0 Å². The molecule has 5 nitrogen and oxygen atoms in total. The third-order valence-electron chi connectivity index (χ3n) is 2.21. The molecular formula is C9H16N2O3. The fourth-order valence-corrected chi connectivity index (χ4v) is 1.34. The molecule has 1 fully saturated rings. The zero-order chi connectivity index (χ0) is 10.6. The molecule has 1 rings (SSSR count). The summed E-state index contributed by atoms with van der Waals surface area (Å²) in [5.74, 6) is -0.559. The molecule has 1 heterocycles. The van der Waals surface area contributed by atoms with Gasteiger partial charge in [-0.25, -0.2) is 4.79 Å². The molecule has 80 valence electrons. The van der Waals surface area contributed by atoms with Crippen molar-refractivity contribution in [3.63, 3.8) is 0 Å². The second kappa shape index (κ2) is 4.95. The van der Waals surface area contributed by atoms with E-state index in [0.29, 0.717) is 13.0 Å². The molecule has 1 saturated heterocycles. The van der Waals surface area contributed by atoms with Gasteiger partial charge in [0.25, 0.3) is 5.91 Å². The van der Waals surface area contributed by atoms with Gasteiger partial charge in [0.2, 0.25) is 0 Å². The van der Waals surface area contributed by atoms with E-state index >= 15 is 0 Å². The van der Waals surface area contributed by atoms with E-state index in [4.69, 9.17) is 10.5 Å². The maximum atomic E-state index is 11.3. The molecule has 0 spiro atoms. The first-order valence-electron chi connectivity index (χ1n) is 4.86. The lowest BCUT2D eigenvalue weighted by Crippen LogP contribution is -2.52. The van der Waals surface area contributed by atoms with E-state index in [1.54, 1.807) is 6.92 Å². The Labute approximate surface area is 83.0 Å². The molecule has 0 radical (unpaired) electrons. The maximum absolute atomic E-state index is 11.3. The number of ether oxygens (including phenoxy) is 1. The molecule has 0 aromatic carbocycles. The lowest BCUT2D eigenvalue weighted by atomic mass is 10.1. The summed E-state index contributed by atoms with van der Waals surface area (Å²) in [4.78, 5) is 22.4. The molecule has 1 aliphatic rings. The van der Waals surface area contributed by atoms with Crippen molar-refractivity contribution in [3.8, 4) is 0 Å². The number of esters is 1. The average Bonchev–Trinajstić information content (AvgIpc) is 2.14. The monoisotopic (exact) mass is 200 g/mol. The van der Waals surface area contributed by atoms with Crippen LogP contribution in [0.5, 0.6) is 0 Å². The van der Waals surface area contributed by atoms with Crippen LogP contribution in [0, 0.1) is 0 Å². The highest BCUT2D eigenvalue weighted by Gasteiger charge is 2.32. The van der Waals surface area contributed by atoms with Crippen molar-refractivity contribution in [2.45, 2.75) is 38.3 Å². The van der Waals surface area contributed by atoms with E-state index in [0.717, 1.165) is 12.8 Å². The van der Waals surface area contributed by atoms with Gasteiger partial charge in [-0.05, 0) is 32.7 Å². The van der Waals surface area contributed by atoms with E-state index in [9.17, 15) is 9.59 Å². The first kappa shape index (κ1) is 11.0. The number of unbranched alkanes of at least 4 members (excludes halogenated alkanes) is 1. The first-order chi connectivity index (χ1) is 6.65. The Morgan fingerprint density at radius 2 is 2.14 bits per heavy atom. The van der Waals surface area contributed by atoms with E-state index in [1.807, 2.05) is 0 Å². The number of hydrogen-bond acceptors (Lipinski definition) is 4. The molecular weight excluding hydrogens is 184 g/mol. The van der Waals surface area contributed by atoms with Crippen LogP contribution in [0.3, 0.4) is 0 Å². The number of amides is 1. The number of rotatable bonds is 4. The highest BCUT2D eigenvalue weighted by atomic mass is 16.6. The van der Waals surface area contributed by atoms with Crippen LogP contribution in [-0.4, -0.2) is 30.6 Å². The summed E-state index contributed by atoms with van der Waals surface area (Å²) in [6.07, 6.45) is 1.63. The maximum Gasteiger partial charge on any atom is 0.329 e. The number of carbonyl (C=O) groups excluding carboxylic acids is 2. The van der Waals surface area contributed by atoms with Crippen LogP contribution >= 0.6 is 0 Å². The van der Waals surface area contributed by atoms with Gasteiger partial charge in [0.1, 0.15) is 6.04 Å². The molecule has 2 atom stereocenters. The average molecular weight is 200 g/mol. The van der Waals surface area contributed by atoms with Crippen molar-refractivity contribution in [2.75, 3.05) is 6.54 Å². The molecule has 14 heavy (non-hydrogen) atoms. The predicted molar refractivity (Wildman–Crippen MR) is 50.4 cm³/mol. The Balaban J connectivity index is 2.37. The van der Waals surface area contributed by atoms with Gasteiger partial charge < -0.3 is 15.8 Å². The van der Waals surface area contributed by atoms with Crippen molar-refractivity contribution in [3.05, 3.63) is 0 Å². The molecule has 3 N–H and O–H groups in total. The van der Waals surface area contributed by atoms with Crippen molar-refractivity contribution in [2.24, 2.45) is 5.73 Å². The number of morpholine rings is 1. The van der Waals surface area contributed by atoms with E-state index in [-0.39, 0.29) is 11.9 Å². The summed E-state index contributed by atoms with van der Waals surface area (Å²) < 4.78 is 4.86. The van der Waals surface area contributed by atoms with Gasteiger partial charge in [-0.3, -0.25) is 4.79 Å². The van der Waals surface area contributed by atoms with E-state index < -0.39 is 12.1 Å². The molecule has 0 unspecified atom stereocenters. The number of nitrogens with one attached hydrogen (secondary N) is 1. The van der Waals surface area contributed by atoms with Crippen molar-refractivity contribution >= 4 is 11.9 Å². The molecule has 0 bridgehead atoms. The summed E-state index contributed by atoms with van der Waals surface area (Å²) in [5.41, 5.74) is 5.32. The van der Waals surface area contributed by atoms with Crippen LogP contribution < -0.4 is 11.1 Å². The van der Waals surface area contributed by atoms with Crippen molar-refractivity contribution in [1.82, 2.24) is 5.32 Å². The third kappa shape index (κ3) is 2.70. The Morgan fingerprint density at radius 1 is 1.43 bits per heavy atom. The minimum Gasteiger partial charge on any atom is -0.451 e. The highest BCUT2D eigenvalue weighted by Crippen LogP contribution is 2.09. The number of nitrogens with two attached hydrogens (primary N) is 1. The number of carbonyl (C=O) groups is 2. The normalized spacial score (nSPS) is 27.0. The summed E-state index contributed by atoms with van der Waals surface area (Å²) in [6.45, 7) is 2.16. The van der Waals surface area contributed by atoms with Crippen LogP contribution in [0.15, 0.2) is 0 Å². The SMILES string of the molecule is C[C@@H]1OC(=O)[C@H](CCCCN)NC1=O. The minimum absolute atomic E-state index is 0.220. The Kier molecular flexibility index (Phi) is 3.88. The van der Waals surface area contributed by atoms with Gasteiger partial charge in [0.15, 0.2) is 6.10 Å². The fraction of sp³-hybridized carbons (Fsp3) is 0.778. The molecule has 0 saturated carbocycles. The second-order valence-corrected chi connectivity index (χ2v) is 3.42. The standard InChI is InChI=1S/C9H16N2O3/c1-6-8(12)11-7(9(13)14-6)4-2-3-5-10/h6-7H,2-5,10H2,1H3,(H,11,12)/t6-,7-/m0/s1. The number of hydrogen-bond donors (Lipinski definition) is 2. The molecule has 5 heteroatoms. The zero-order valence-corrected chi connectivity index (χ0v) is 8.29. The van der Waals surface area contributed by atoms with Crippen molar-refractivity contribution < 1.29 is 14.3 Å². The second-order valence-electron chi connectivity index (χ2n) is 3.42. The van der Waals surface area contributed by atoms with Gasteiger partial charge in [0, 0.05) is 0 Å². The number of cyclic esters (lactones) is 1. The zero-order valence-electron chi connectivity index (χ0n) is 8.29.